The predicted molar refractivity (Wildman–Crippen MR) is 150 cm³/mol. The van der Waals surface area contributed by atoms with Crippen LogP contribution in [0.2, 0.25) is 0 Å². The molecule has 196 valence electrons. The predicted octanol–water partition coefficient (Wildman–Crippen LogP) is 7.08. The molecule has 3 heterocycles. The van der Waals surface area contributed by atoms with Gasteiger partial charge in [-0.05, 0) is 66.7 Å². The first-order valence-corrected chi connectivity index (χ1v) is 14.1. The smallest absolute Gasteiger partial charge is 0.304 e. The number of carbonyl (C=O) groups is 1. The van der Waals surface area contributed by atoms with Crippen molar-refractivity contribution in [2.45, 2.75) is 59.7 Å². The lowest BCUT2D eigenvalue weighted by Crippen LogP contribution is -2.35. The van der Waals surface area contributed by atoms with Crippen molar-refractivity contribution >= 4 is 55.5 Å². The molecular weight excluding hydrogens is 554 g/mol. The Hall–Kier alpha value is -2.56. The molecule has 37 heavy (non-hydrogen) atoms. The largest absolute Gasteiger partial charge is 0.493 e. The number of aromatic nitrogens is 1. The van der Waals surface area contributed by atoms with E-state index in [4.69, 9.17) is 4.84 Å². The molecule has 1 aromatic carbocycles. The number of carbonyl (C=O) groups excluding carboxylic acids is 1. The normalized spacial score (nSPS) is 23.8. The summed E-state index contributed by atoms with van der Waals surface area (Å²) in [5, 5.41) is 25.9. The van der Waals surface area contributed by atoms with Crippen molar-refractivity contribution in [3.05, 3.63) is 45.1 Å². The molecule has 2 fully saturated rings. The Labute approximate surface area is 229 Å². The van der Waals surface area contributed by atoms with E-state index < -0.39 is 5.91 Å². The number of aromatic hydroxyl groups is 1. The second-order valence-corrected chi connectivity index (χ2v) is 13.2. The van der Waals surface area contributed by atoms with Gasteiger partial charge in [0.15, 0.2) is 12.3 Å². The number of likely N-dealkylation sites (tertiary alicyclic amines) is 1. The standard InChI is InChI=1S/C27H32BrN5O3S/c1-17(22-6-5-9-37-22)31-36-13-23(34)29-30-24-20-10-18(28)7-8-21(20)33(25(24)35)16-32-15-27(4)12-19(32)11-26(2,3)14-27/h5-10,19,35H,11-16H2,1-4H3/b30-29?,31-17-/t19-,27+/m1/s1. The average molecular weight is 587 g/mol. The number of amides is 1. The van der Waals surface area contributed by atoms with Gasteiger partial charge in [0.1, 0.15) is 0 Å². The summed E-state index contributed by atoms with van der Waals surface area (Å²) in [5.41, 5.74) is 2.41. The maximum Gasteiger partial charge on any atom is 0.304 e. The fourth-order valence-corrected chi connectivity index (χ4v) is 7.34. The van der Waals surface area contributed by atoms with E-state index in [0.29, 0.717) is 23.8 Å². The molecule has 1 amide bonds. The Kier molecular flexibility index (Phi) is 7.02. The van der Waals surface area contributed by atoms with Crippen molar-refractivity contribution in [1.82, 2.24) is 9.47 Å². The molecule has 1 N–H and O–H groups in total. The van der Waals surface area contributed by atoms with E-state index >= 15 is 0 Å². The SMILES string of the molecule is C/C(=N/OCC(=O)N=Nc1c(O)n(CN2C[C@@]3(C)C[C@H]2CC(C)(C)C3)c2ccc(Br)cc12)c1cccs1. The van der Waals surface area contributed by atoms with E-state index in [9.17, 15) is 9.90 Å². The third-order valence-electron chi connectivity index (χ3n) is 7.35. The Balaban J connectivity index is 1.35. The van der Waals surface area contributed by atoms with Gasteiger partial charge in [-0.1, -0.05) is 47.9 Å². The number of fused-ring (bicyclic) bond motifs is 3. The second kappa shape index (κ2) is 9.96. The molecule has 0 spiro atoms. The first-order chi connectivity index (χ1) is 17.5. The van der Waals surface area contributed by atoms with Gasteiger partial charge in [0.2, 0.25) is 5.88 Å². The van der Waals surface area contributed by atoms with Crippen LogP contribution in [0.15, 0.2) is 55.6 Å². The lowest BCUT2D eigenvalue weighted by Gasteiger charge is -2.40. The summed E-state index contributed by atoms with van der Waals surface area (Å²) < 4.78 is 2.73. The molecule has 2 aliphatic rings. The van der Waals surface area contributed by atoms with E-state index in [0.717, 1.165) is 33.2 Å². The number of benzene rings is 1. The van der Waals surface area contributed by atoms with E-state index in [1.54, 1.807) is 11.3 Å². The quantitative estimate of drug-likeness (QED) is 0.182. The zero-order chi connectivity index (χ0) is 26.4. The number of oxime groups is 1. The van der Waals surface area contributed by atoms with Crippen LogP contribution >= 0.6 is 27.3 Å². The molecule has 1 aliphatic heterocycles. The lowest BCUT2D eigenvalue weighted by molar-refractivity contribution is -0.122. The molecule has 2 aromatic heterocycles. The number of rotatable bonds is 7. The van der Waals surface area contributed by atoms with Gasteiger partial charge < -0.3 is 9.94 Å². The fourth-order valence-electron chi connectivity index (χ4n) is 6.31. The van der Waals surface area contributed by atoms with Gasteiger partial charge in [-0.3, -0.25) is 14.3 Å². The third-order valence-corrected chi connectivity index (χ3v) is 8.82. The van der Waals surface area contributed by atoms with Crippen LogP contribution in [-0.4, -0.2) is 45.4 Å². The van der Waals surface area contributed by atoms with Gasteiger partial charge in [-0.15, -0.1) is 21.6 Å². The topological polar surface area (TPSA) is 91.8 Å². The molecule has 10 heteroatoms. The van der Waals surface area contributed by atoms with Crippen molar-refractivity contribution in [2.24, 2.45) is 26.2 Å². The molecule has 1 saturated carbocycles. The summed E-state index contributed by atoms with van der Waals surface area (Å²) in [6, 6.07) is 10.1. The van der Waals surface area contributed by atoms with Crippen LogP contribution in [0.25, 0.3) is 10.9 Å². The Morgan fingerprint density at radius 3 is 2.84 bits per heavy atom. The van der Waals surface area contributed by atoms with Crippen LogP contribution in [0.3, 0.4) is 0 Å². The summed E-state index contributed by atoms with van der Waals surface area (Å²) in [4.78, 5) is 21.0. The van der Waals surface area contributed by atoms with Crippen LogP contribution in [0.5, 0.6) is 5.88 Å². The van der Waals surface area contributed by atoms with Crippen LogP contribution in [0.1, 0.15) is 51.8 Å². The summed E-state index contributed by atoms with van der Waals surface area (Å²) in [7, 11) is 0. The average Bonchev–Trinajstić information content (AvgIpc) is 3.49. The number of thiophene rings is 1. The Morgan fingerprint density at radius 1 is 1.27 bits per heavy atom. The van der Waals surface area contributed by atoms with Gasteiger partial charge in [-0.25, -0.2) is 0 Å². The van der Waals surface area contributed by atoms with E-state index in [1.165, 1.54) is 12.8 Å². The fraction of sp³-hybridized carbons (Fsp3) is 0.481. The van der Waals surface area contributed by atoms with Gasteiger partial charge in [0.05, 0.1) is 22.8 Å². The monoisotopic (exact) mass is 585 g/mol. The first kappa shape index (κ1) is 26.1. The number of azo groups is 1. The molecular formula is C27H32BrN5O3S. The number of hydrogen-bond acceptors (Lipinski definition) is 7. The minimum atomic E-state index is -0.582. The number of halogens is 1. The lowest BCUT2D eigenvalue weighted by atomic mass is 9.65. The summed E-state index contributed by atoms with van der Waals surface area (Å²) in [5.74, 6) is -0.579. The highest BCUT2D eigenvalue weighted by Crippen LogP contribution is 2.53. The molecule has 5 rings (SSSR count). The summed E-state index contributed by atoms with van der Waals surface area (Å²) in [6.45, 7) is 10.1. The minimum absolute atomic E-state index is 0.00277. The molecule has 1 aliphatic carbocycles. The van der Waals surface area contributed by atoms with Crippen molar-refractivity contribution in [2.75, 3.05) is 13.2 Å². The highest BCUT2D eigenvalue weighted by atomic mass is 79.9. The van der Waals surface area contributed by atoms with Crippen molar-refractivity contribution in [3.8, 4) is 5.88 Å². The summed E-state index contributed by atoms with van der Waals surface area (Å²) >= 11 is 5.06. The van der Waals surface area contributed by atoms with Crippen LogP contribution < -0.4 is 0 Å². The molecule has 8 nitrogen and oxygen atoms in total. The van der Waals surface area contributed by atoms with Crippen molar-refractivity contribution < 1.29 is 14.7 Å². The summed E-state index contributed by atoms with van der Waals surface area (Å²) in [6.07, 6.45) is 3.53. The van der Waals surface area contributed by atoms with Crippen molar-refractivity contribution in [3.63, 3.8) is 0 Å². The number of hydrogen-bond donors (Lipinski definition) is 1. The Bertz CT molecular complexity index is 1380. The molecule has 1 saturated heterocycles. The zero-order valence-corrected chi connectivity index (χ0v) is 24.0. The first-order valence-electron chi connectivity index (χ1n) is 12.4. The van der Waals surface area contributed by atoms with Crippen LogP contribution in [-0.2, 0) is 16.3 Å². The van der Waals surface area contributed by atoms with E-state index in [1.807, 2.05) is 47.2 Å². The Morgan fingerprint density at radius 2 is 2.08 bits per heavy atom. The van der Waals surface area contributed by atoms with Crippen LogP contribution in [0.4, 0.5) is 5.69 Å². The maximum atomic E-state index is 12.3. The molecule has 2 bridgehead atoms. The van der Waals surface area contributed by atoms with Gasteiger partial charge in [0.25, 0.3) is 0 Å². The van der Waals surface area contributed by atoms with E-state index in [-0.39, 0.29) is 23.6 Å². The number of nitrogens with zero attached hydrogens (tertiary/aromatic N) is 5. The molecule has 0 radical (unpaired) electrons. The highest BCUT2D eigenvalue weighted by molar-refractivity contribution is 9.10. The highest BCUT2D eigenvalue weighted by Gasteiger charge is 2.49. The minimum Gasteiger partial charge on any atom is -0.493 e. The maximum absolute atomic E-state index is 12.3. The third kappa shape index (κ3) is 5.51. The second-order valence-electron chi connectivity index (χ2n) is 11.4. The zero-order valence-electron chi connectivity index (χ0n) is 21.6. The molecule has 3 aromatic rings. The van der Waals surface area contributed by atoms with Crippen LogP contribution in [0, 0.1) is 10.8 Å². The molecule has 2 atom stereocenters. The van der Waals surface area contributed by atoms with Gasteiger partial charge in [-0.2, -0.15) is 0 Å². The molecule has 0 unspecified atom stereocenters. The van der Waals surface area contributed by atoms with Gasteiger partial charge in [0, 0.05) is 22.4 Å². The van der Waals surface area contributed by atoms with E-state index in [2.05, 4.69) is 57.0 Å². The van der Waals surface area contributed by atoms with Gasteiger partial charge >= 0.3 is 5.91 Å². The van der Waals surface area contributed by atoms with Crippen molar-refractivity contribution in [1.29, 1.82) is 0 Å².